The van der Waals surface area contributed by atoms with Gasteiger partial charge in [-0.05, 0) is 37.5 Å². The van der Waals surface area contributed by atoms with Crippen molar-refractivity contribution in [1.29, 1.82) is 0 Å². The molecular weight excluding hydrogens is 323 g/mol. The van der Waals surface area contributed by atoms with E-state index in [-0.39, 0.29) is 29.2 Å². The molecule has 1 saturated heterocycles. The summed E-state index contributed by atoms with van der Waals surface area (Å²) in [5.74, 6) is -0.548. The fourth-order valence-electron chi connectivity index (χ4n) is 2.99. The molecule has 1 aliphatic rings. The number of nitrogens with one attached hydrogen (secondary N) is 1. The van der Waals surface area contributed by atoms with Crippen LogP contribution in [0.2, 0.25) is 0 Å². The van der Waals surface area contributed by atoms with Crippen LogP contribution in [0.5, 0.6) is 0 Å². The van der Waals surface area contributed by atoms with Gasteiger partial charge in [0, 0.05) is 25.0 Å². The van der Waals surface area contributed by atoms with E-state index >= 15 is 0 Å². The first kappa shape index (κ1) is 19.2. The van der Waals surface area contributed by atoms with Crippen LogP contribution >= 0.6 is 0 Å². The Morgan fingerprint density at radius 2 is 1.84 bits per heavy atom. The largest absolute Gasteiger partial charge is 0.466 e. The molecule has 0 radical (unpaired) electrons. The van der Waals surface area contributed by atoms with Gasteiger partial charge in [-0.3, -0.25) is 4.79 Å². The van der Waals surface area contributed by atoms with Crippen molar-refractivity contribution in [1.82, 2.24) is 10.2 Å². The van der Waals surface area contributed by atoms with Crippen molar-refractivity contribution in [3.8, 4) is 0 Å². The molecule has 5 nitrogen and oxygen atoms in total. The number of hydrogen-bond acceptors (Lipinski definition) is 3. The molecular formula is C19H27FN2O3. The number of rotatable bonds is 5. The standard InChI is InChI=1S/C19H27FN2O3/c1-4-25-17(23)14-9-11-22(12-10-14)18(24)21-13-19(2,3)15-5-7-16(20)8-6-15/h5-8,14H,4,9-13H2,1-3H3,(H,21,24). The first-order valence-electron chi connectivity index (χ1n) is 8.79. The molecule has 1 heterocycles. The molecule has 2 amide bonds. The van der Waals surface area contributed by atoms with Crippen LogP contribution in [0.1, 0.15) is 39.2 Å². The van der Waals surface area contributed by atoms with Crippen LogP contribution in [-0.2, 0) is 14.9 Å². The Balaban J connectivity index is 1.82. The summed E-state index contributed by atoms with van der Waals surface area (Å²) in [6, 6.07) is 6.22. The number of amides is 2. The molecule has 1 fully saturated rings. The van der Waals surface area contributed by atoms with E-state index in [4.69, 9.17) is 4.74 Å². The van der Waals surface area contributed by atoms with Gasteiger partial charge in [0.25, 0.3) is 0 Å². The summed E-state index contributed by atoms with van der Waals surface area (Å²) in [5, 5.41) is 2.95. The molecule has 1 aromatic carbocycles. The maximum atomic E-state index is 13.1. The summed E-state index contributed by atoms with van der Waals surface area (Å²) >= 11 is 0. The van der Waals surface area contributed by atoms with Gasteiger partial charge in [0.05, 0.1) is 12.5 Å². The highest BCUT2D eigenvalue weighted by Crippen LogP contribution is 2.23. The van der Waals surface area contributed by atoms with E-state index in [0.29, 0.717) is 39.1 Å². The normalized spacial score (nSPS) is 15.8. The van der Waals surface area contributed by atoms with E-state index in [0.717, 1.165) is 5.56 Å². The van der Waals surface area contributed by atoms with Crippen molar-refractivity contribution >= 4 is 12.0 Å². The molecule has 0 saturated carbocycles. The first-order chi connectivity index (χ1) is 11.8. The zero-order valence-corrected chi connectivity index (χ0v) is 15.2. The zero-order chi connectivity index (χ0) is 18.4. The van der Waals surface area contributed by atoms with E-state index < -0.39 is 0 Å². The molecule has 0 aliphatic carbocycles. The lowest BCUT2D eigenvalue weighted by Crippen LogP contribution is -2.48. The Hall–Kier alpha value is -2.11. The second-order valence-electron chi connectivity index (χ2n) is 7.06. The van der Waals surface area contributed by atoms with Gasteiger partial charge in [-0.1, -0.05) is 26.0 Å². The predicted molar refractivity (Wildman–Crippen MR) is 93.8 cm³/mol. The molecule has 6 heteroatoms. The summed E-state index contributed by atoms with van der Waals surface area (Å²) in [5.41, 5.74) is 0.669. The lowest BCUT2D eigenvalue weighted by molar-refractivity contribution is -0.149. The minimum Gasteiger partial charge on any atom is -0.466 e. The summed E-state index contributed by atoms with van der Waals surface area (Å²) < 4.78 is 18.1. The van der Waals surface area contributed by atoms with Crippen LogP contribution < -0.4 is 5.32 Å². The molecule has 138 valence electrons. The molecule has 2 rings (SSSR count). The molecule has 0 spiro atoms. The number of carbonyl (C=O) groups is 2. The number of benzene rings is 1. The average Bonchev–Trinajstić information content (AvgIpc) is 2.60. The lowest BCUT2D eigenvalue weighted by Gasteiger charge is -2.32. The smallest absolute Gasteiger partial charge is 0.317 e. The predicted octanol–water partition coefficient (Wildman–Crippen LogP) is 3.09. The lowest BCUT2D eigenvalue weighted by atomic mass is 9.84. The number of carbonyl (C=O) groups excluding carboxylic acids is 2. The van der Waals surface area contributed by atoms with Gasteiger partial charge >= 0.3 is 12.0 Å². The number of esters is 1. The van der Waals surface area contributed by atoms with E-state index in [9.17, 15) is 14.0 Å². The third-order valence-corrected chi connectivity index (χ3v) is 4.71. The topological polar surface area (TPSA) is 58.6 Å². The monoisotopic (exact) mass is 350 g/mol. The number of halogens is 1. The van der Waals surface area contributed by atoms with Crippen LogP contribution in [0.4, 0.5) is 9.18 Å². The highest BCUT2D eigenvalue weighted by atomic mass is 19.1. The number of urea groups is 1. The first-order valence-corrected chi connectivity index (χ1v) is 8.79. The second-order valence-corrected chi connectivity index (χ2v) is 7.06. The van der Waals surface area contributed by atoms with Gasteiger partial charge in [-0.15, -0.1) is 0 Å². The van der Waals surface area contributed by atoms with Crippen molar-refractivity contribution in [2.75, 3.05) is 26.2 Å². The molecule has 0 unspecified atom stereocenters. The van der Waals surface area contributed by atoms with Crippen molar-refractivity contribution in [2.45, 2.75) is 39.0 Å². The van der Waals surface area contributed by atoms with E-state index in [2.05, 4.69) is 5.32 Å². The fraction of sp³-hybridized carbons (Fsp3) is 0.579. The molecule has 0 atom stereocenters. The Morgan fingerprint density at radius 1 is 1.24 bits per heavy atom. The molecule has 0 bridgehead atoms. The van der Waals surface area contributed by atoms with Crippen molar-refractivity contribution in [3.05, 3.63) is 35.6 Å². The number of piperidine rings is 1. The summed E-state index contributed by atoms with van der Waals surface area (Å²) in [6.07, 6.45) is 1.27. The van der Waals surface area contributed by atoms with Gasteiger partial charge in [-0.2, -0.15) is 0 Å². The molecule has 0 aromatic heterocycles. The van der Waals surface area contributed by atoms with Crippen LogP contribution in [0.3, 0.4) is 0 Å². The van der Waals surface area contributed by atoms with Gasteiger partial charge < -0.3 is 15.0 Å². The highest BCUT2D eigenvalue weighted by Gasteiger charge is 2.29. The Kier molecular flexibility index (Phi) is 6.39. The summed E-state index contributed by atoms with van der Waals surface area (Å²) in [4.78, 5) is 25.8. The molecule has 1 N–H and O–H groups in total. The number of ether oxygens (including phenoxy) is 1. The zero-order valence-electron chi connectivity index (χ0n) is 15.2. The average molecular weight is 350 g/mol. The molecule has 1 aliphatic heterocycles. The Labute approximate surface area is 148 Å². The SMILES string of the molecule is CCOC(=O)C1CCN(C(=O)NCC(C)(C)c2ccc(F)cc2)CC1. The van der Waals surface area contributed by atoms with Gasteiger partial charge in [-0.25, -0.2) is 9.18 Å². The van der Waals surface area contributed by atoms with E-state index in [1.165, 1.54) is 12.1 Å². The number of nitrogens with zero attached hydrogens (tertiary/aromatic N) is 1. The third kappa shape index (κ3) is 5.18. The van der Waals surface area contributed by atoms with E-state index in [1.54, 1.807) is 24.0 Å². The van der Waals surface area contributed by atoms with Crippen LogP contribution in [0, 0.1) is 11.7 Å². The van der Waals surface area contributed by atoms with Gasteiger partial charge in [0.1, 0.15) is 5.82 Å². The van der Waals surface area contributed by atoms with Crippen LogP contribution in [-0.4, -0.2) is 43.1 Å². The van der Waals surface area contributed by atoms with Gasteiger partial charge in [0.15, 0.2) is 0 Å². The minimum atomic E-state index is -0.299. The van der Waals surface area contributed by atoms with E-state index in [1.807, 2.05) is 13.8 Å². The van der Waals surface area contributed by atoms with Crippen molar-refractivity contribution < 1.29 is 18.7 Å². The summed E-state index contributed by atoms with van der Waals surface area (Å²) in [6.45, 7) is 7.75. The molecule has 1 aromatic rings. The Morgan fingerprint density at radius 3 is 2.40 bits per heavy atom. The third-order valence-electron chi connectivity index (χ3n) is 4.71. The van der Waals surface area contributed by atoms with Gasteiger partial charge in [0.2, 0.25) is 0 Å². The fourth-order valence-corrected chi connectivity index (χ4v) is 2.99. The number of hydrogen-bond donors (Lipinski definition) is 1. The van der Waals surface area contributed by atoms with Crippen molar-refractivity contribution in [2.24, 2.45) is 5.92 Å². The molecule has 25 heavy (non-hydrogen) atoms. The minimum absolute atomic E-state index is 0.111. The maximum absolute atomic E-state index is 13.1. The Bertz CT molecular complexity index is 593. The maximum Gasteiger partial charge on any atom is 0.317 e. The van der Waals surface area contributed by atoms with Crippen LogP contribution in [0.15, 0.2) is 24.3 Å². The summed E-state index contributed by atoms with van der Waals surface area (Å²) in [7, 11) is 0. The number of likely N-dealkylation sites (tertiary alicyclic amines) is 1. The van der Waals surface area contributed by atoms with Crippen LogP contribution in [0.25, 0.3) is 0 Å². The van der Waals surface area contributed by atoms with Crippen molar-refractivity contribution in [3.63, 3.8) is 0 Å². The quantitative estimate of drug-likeness (QED) is 0.830. The second kappa shape index (κ2) is 8.32. The highest BCUT2D eigenvalue weighted by molar-refractivity contribution is 5.76.